The molecule has 0 spiro atoms. The van der Waals surface area contributed by atoms with Crippen molar-refractivity contribution in [2.24, 2.45) is 0 Å². The molecule has 0 radical (unpaired) electrons. The van der Waals surface area contributed by atoms with E-state index in [1.54, 1.807) is 0 Å². The van der Waals surface area contributed by atoms with Crippen LogP contribution in [0.15, 0.2) is 133 Å². The van der Waals surface area contributed by atoms with Gasteiger partial charge in [0.05, 0.1) is 18.8 Å². The van der Waals surface area contributed by atoms with Gasteiger partial charge in [-0.25, -0.2) is 4.79 Å². The molecule has 0 saturated carbocycles. The molecule has 1 heterocycles. The quantitative estimate of drug-likeness (QED) is 0.127. The molecule has 0 unspecified atom stereocenters. The molecule has 5 aromatic rings. The van der Waals surface area contributed by atoms with E-state index in [1.165, 1.54) is 5.56 Å². The SMILES string of the molecule is C[C@@H](c1ccccc1)N(C)C[C@H]1C[C@@H](c2ccc(CO)cc2)O[C@@H](c2cccc(-c3cccc(CNC(=O)NCc4ccccc4)c3)c2)O1. The van der Waals surface area contributed by atoms with Gasteiger partial charge in [0.15, 0.2) is 6.29 Å². The Kier molecular flexibility index (Phi) is 11.5. The molecule has 1 aliphatic rings. The van der Waals surface area contributed by atoms with E-state index in [4.69, 9.17) is 9.47 Å². The molecule has 7 heteroatoms. The number of benzene rings is 5. The van der Waals surface area contributed by atoms with Crippen molar-refractivity contribution in [1.29, 1.82) is 0 Å². The highest BCUT2D eigenvalue weighted by molar-refractivity contribution is 5.74. The largest absolute Gasteiger partial charge is 0.392 e. The number of urea groups is 1. The summed E-state index contributed by atoms with van der Waals surface area (Å²) in [6, 6.07) is 44.9. The normalized spacial score (nSPS) is 18.2. The lowest BCUT2D eigenvalue weighted by atomic mass is 9.98. The topological polar surface area (TPSA) is 83.1 Å². The summed E-state index contributed by atoms with van der Waals surface area (Å²) in [6.07, 6.45) is -0.0690. The van der Waals surface area contributed by atoms with Gasteiger partial charge < -0.3 is 25.2 Å². The zero-order valence-corrected chi connectivity index (χ0v) is 28.2. The molecular weight excluding hydrogens is 610 g/mol. The van der Waals surface area contributed by atoms with Crippen LogP contribution in [0.5, 0.6) is 0 Å². The van der Waals surface area contributed by atoms with Gasteiger partial charge in [-0.1, -0.05) is 121 Å². The number of rotatable bonds is 12. The predicted octanol–water partition coefficient (Wildman–Crippen LogP) is 8.08. The Hall–Kier alpha value is -4.79. The Bertz CT molecular complexity index is 1780. The van der Waals surface area contributed by atoms with Crippen LogP contribution in [0.1, 0.15) is 65.2 Å². The number of hydrogen-bond acceptors (Lipinski definition) is 5. The van der Waals surface area contributed by atoms with Crippen molar-refractivity contribution in [3.63, 3.8) is 0 Å². The average Bonchev–Trinajstić information content (AvgIpc) is 3.16. The van der Waals surface area contributed by atoms with E-state index < -0.39 is 6.29 Å². The van der Waals surface area contributed by atoms with Crippen LogP contribution in [0.2, 0.25) is 0 Å². The van der Waals surface area contributed by atoms with Crippen molar-refractivity contribution in [3.8, 4) is 11.1 Å². The molecule has 7 nitrogen and oxygen atoms in total. The van der Waals surface area contributed by atoms with E-state index in [0.717, 1.165) is 45.5 Å². The van der Waals surface area contributed by atoms with Crippen LogP contribution in [0, 0.1) is 0 Å². The van der Waals surface area contributed by atoms with Crippen molar-refractivity contribution in [2.45, 2.75) is 57.6 Å². The standard InChI is InChI=1S/C42H45N3O4/c1-30(34-14-7-4-8-15-34)45(2)28-39-25-40(35-21-19-32(29-46)20-22-35)49-41(48-39)38-18-10-17-37(24-38)36-16-9-13-33(23-36)27-44-42(47)43-26-31-11-5-3-6-12-31/h3-24,30,39-41,46H,25-29H2,1-2H3,(H2,43,44,47)/t30-,39+,40-,41-/m0/s1. The zero-order chi connectivity index (χ0) is 34.0. The molecule has 0 aliphatic carbocycles. The third kappa shape index (κ3) is 9.22. The summed E-state index contributed by atoms with van der Waals surface area (Å²) in [6.45, 7) is 3.86. The van der Waals surface area contributed by atoms with Gasteiger partial charge in [0.25, 0.3) is 0 Å². The average molecular weight is 656 g/mol. The van der Waals surface area contributed by atoms with Crippen LogP contribution in [0.3, 0.4) is 0 Å². The number of amides is 2. The van der Waals surface area contributed by atoms with E-state index in [1.807, 2.05) is 78.9 Å². The maximum absolute atomic E-state index is 12.5. The fourth-order valence-corrected chi connectivity index (χ4v) is 6.25. The first-order valence-corrected chi connectivity index (χ1v) is 17.0. The van der Waals surface area contributed by atoms with Crippen LogP contribution < -0.4 is 10.6 Å². The summed E-state index contributed by atoms with van der Waals surface area (Å²) in [4.78, 5) is 14.8. The van der Waals surface area contributed by atoms with Crippen molar-refractivity contribution in [2.75, 3.05) is 13.6 Å². The molecule has 1 aliphatic heterocycles. The van der Waals surface area contributed by atoms with E-state index >= 15 is 0 Å². The van der Waals surface area contributed by atoms with Crippen LogP contribution >= 0.6 is 0 Å². The molecule has 3 N–H and O–H groups in total. The lowest BCUT2D eigenvalue weighted by molar-refractivity contribution is -0.253. The number of nitrogens with zero attached hydrogens (tertiary/aromatic N) is 1. The molecule has 5 aromatic carbocycles. The third-order valence-corrected chi connectivity index (χ3v) is 9.22. The lowest BCUT2D eigenvalue weighted by Crippen LogP contribution is -2.38. The minimum atomic E-state index is -0.556. The first-order valence-electron chi connectivity index (χ1n) is 17.0. The second-order valence-electron chi connectivity index (χ2n) is 12.7. The Morgan fingerprint density at radius 3 is 2.08 bits per heavy atom. The molecule has 0 aromatic heterocycles. The minimum Gasteiger partial charge on any atom is -0.392 e. The predicted molar refractivity (Wildman–Crippen MR) is 193 cm³/mol. The summed E-state index contributed by atoms with van der Waals surface area (Å²) < 4.78 is 13.4. The maximum Gasteiger partial charge on any atom is 0.315 e. The molecule has 2 amide bonds. The van der Waals surface area contributed by atoms with Crippen molar-refractivity contribution < 1.29 is 19.4 Å². The summed E-state index contributed by atoms with van der Waals surface area (Å²) in [5.74, 6) is 0. The van der Waals surface area contributed by atoms with Crippen LogP contribution in [-0.2, 0) is 29.2 Å². The molecule has 1 saturated heterocycles. The van der Waals surface area contributed by atoms with Crippen molar-refractivity contribution in [1.82, 2.24) is 15.5 Å². The van der Waals surface area contributed by atoms with E-state index in [0.29, 0.717) is 19.5 Å². The highest BCUT2D eigenvalue weighted by atomic mass is 16.7. The monoisotopic (exact) mass is 655 g/mol. The van der Waals surface area contributed by atoms with E-state index in [2.05, 4.69) is 84.1 Å². The van der Waals surface area contributed by atoms with Gasteiger partial charge >= 0.3 is 6.03 Å². The third-order valence-electron chi connectivity index (χ3n) is 9.22. The number of aliphatic hydroxyl groups is 1. The number of aliphatic hydroxyl groups excluding tert-OH is 1. The van der Waals surface area contributed by atoms with Gasteiger partial charge in [-0.15, -0.1) is 0 Å². The van der Waals surface area contributed by atoms with Gasteiger partial charge in [-0.05, 0) is 65.0 Å². The highest BCUT2D eigenvalue weighted by Gasteiger charge is 2.33. The molecule has 49 heavy (non-hydrogen) atoms. The number of likely N-dealkylation sites (N-methyl/N-ethyl adjacent to an activating group) is 1. The van der Waals surface area contributed by atoms with E-state index in [9.17, 15) is 9.90 Å². The Labute approximate surface area is 289 Å². The van der Waals surface area contributed by atoms with E-state index in [-0.39, 0.29) is 30.9 Å². The number of nitrogens with one attached hydrogen (secondary N) is 2. The number of ether oxygens (including phenoxy) is 2. The van der Waals surface area contributed by atoms with Crippen LogP contribution in [0.4, 0.5) is 4.79 Å². The summed E-state index contributed by atoms with van der Waals surface area (Å²) in [5.41, 5.74) is 8.30. The Morgan fingerprint density at radius 1 is 0.735 bits per heavy atom. The van der Waals surface area contributed by atoms with Gasteiger partial charge in [0.2, 0.25) is 0 Å². The van der Waals surface area contributed by atoms with Gasteiger partial charge in [0.1, 0.15) is 0 Å². The number of carbonyl (C=O) groups is 1. The van der Waals surface area contributed by atoms with Gasteiger partial charge in [0, 0.05) is 37.7 Å². The first kappa shape index (κ1) is 34.1. The van der Waals surface area contributed by atoms with Crippen molar-refractivity contribution in [3.05, 3.63) is 167 Å². The summed E-state index contributed by atoms with van der Waals surface area (Å²) in [5, 5.41) is 15.5. The lowest BCUT2D eigenvalue weighted by Gasteiger charge is -2.39. The highest BCUT2D eigenvalue weighted by Crippen LogP contribution is 2.39. The minimum absolute atomic E-state index is 0.00778. The number of carbonyl (C=O) groups excluding carboxylic acids is 1. The molecule has 252 valence electrons. The molecule has 0 bridgehead atoms. The zero-order valence-electron chi connectivity index (χ0n) is 28.2. The Balaban J connectivity index is 1.16. The van der Waals surface area contributed by atoms with Gasteiger partial charge in [-0.2, -0.15) is 0 Å². The van der Waals surface area contributed by atoms with Crippen LogP contribution in [0.25, 0.3) is 11.1 Å². The molecule has 1 fully saturated rings. The number of hydrogen-bond donors (Lipinski definition) is 3. The second-order valence-corrected chi connectivity index (χ2v) is 12.7. The van der Waals surface area contributed by atoms with Crippen molar-refractivity contribution >= 4 is 6.03 Å². The molecular formula is C42H45N3O4. The fourth-order valence-electron chi connectivity index (χ4n) is 6.25. The Morgan fingerprint density at radius 2 is 1.37 bits per heavy atom. The summed E-state index contributed by atoms with van der Waals surface area (Å²) >= 11 is 0. The molecule has 6 rings (SSSR count). The maximum atomic E-state index is 12.5. The first-order chi connectivity index (χ1) is 23.9. The fraction of sp³-hybridized carbons (Fsp3) is 0.262. The van der Waals surface area contributed by atoms with Gasteiger partial charge in [-0.3, -0.25) is 4.90 Å². The van der Waals surface area contributed by atoms with Crippen LogP contribution in [-0.4, -0.2) is 35.7 Å². The smallest absolute Gasteiger partial charge is 0.315 e. The summed E-state index contributed by atoms with van der Waals surface area (Å²) in [7, 11) is 2.14. The molecule has 4 atom stereocenters. The second kappa shape index (κ2) is 16.5.